The lowest BCUT2D eigenvalue weighted by molar-refractivity contribution is 1.04. The van der Waals surface area contributed by atoms with Crippen LogP contribution in [0.5, 0.6) is 0 Å². The summed E-state index contributed by atoms with van der Waals surface area (Å²) in [6.07, 6.45) is 0. The molecule has 2 heteroatoms. The zero-order chi connectivity index (χ0) is 14.0. The second kappa shape index (κ2) is 5.45. The monoisotopic (exact) mass is 254 g/mol. The molecular weight excluding hydrogens is 232 g/mol. The highest BCUT2D eigenvalue weighted by Gasteiger charge is 2.08. The Hall–Kier alpha value is -1.80. The molecule has 0 aliphatic rings. The quantitative estimate of drug-likeness (QED) is 0.901. The van der Waals surface area contributed by atoms with Crippen molar-refractivity contribution in [2.75, 3.05) is 11.9 Å². The first-order valence-electron chi connectivity index (χ1n) is 6.63. The molecule has 0 atom stereocenters. The van der Waals surface area contributed by atoms with Gasteiger partial charge >= 0.3 is 0 Å². The number of nitrogens with zero attached hydrogens (tertiary/aromatic N) is 1. The lowest BCUT2D eigenvalue weighted by atomic mass is 10.1. The van der Waals surface area contributed by atoms with E-state index in [1.807, 2.05) is 0 Å². The van der Waals surface area contributed by atoms with Gasteiger partial charge in [-0.2, -0.15) is 0 Å². The van der Waals surface area contributed by atoms with E-state index >= 15 is 0 Å². The summed E-state index contributed by atoms with van der Waals surface area (Å²) < 4.78 is 0. The van der Waals surface area contributed by atoms with Crippen molar-refractivity contribution in [1.29, 1.82) is 0 Å². The summed E-state index contributed by atoms with van der Waals surface area (Å²) in [4.78, 5) is 2.22. The zero-order valence-corrected chi connectivity index (χ0v) is 12.2. The van der Waals surface area contributed by atoms with Crippen molar-refractivity contribution in [2.45, 2.75) is 27.3 Å². The molecule has 2 aromatic rings. The van der Waals surface area contributed by atoms with Gasteiger partial charge in [0.2, 0.25) is 0 Å². The topological polar surface area (TPSA) is 29.3 Å². The van der Waals surface area contributed by atoms with Gasteiger partial charge in [-0.15, -0.1) is 0 Å². The molecule has 0 amide bonds. The van der Waals surface area contributed by atoms with E-state index in [-0.39, 0.29) is 0 Å². The number of aryl methyl sites for hydroxylation is 3. The summed E-state index contributed by atoms with van der Waals surface area (Å²) in [6.45, 7) is 6.98. The Labute approximate surface area is 115 Å². The summed E-state index contributed by atoms with van der Waals surface area (Å²) in [5, 5.41) is 0. The fraction of sp³-hybridized carbons (Fsp3) is 0.294. The summed E-state index contributed by atoms with van der Waals surface area (Å²) in [5.74, 6) is 0. The van der Waals surface area contributed by atoms with Crippen LogP contribution in [0.25, 0.3) is 0 Å². The highest BCUT2D eigenvalue weighted by Crippen LogP contribution is 2.28. The molecule has 2 aromatic carbocycles. The second-order valence-electron chi connectivity index (χ2n) is 5.16. The number of rotatable bonds is 3. The Kier molecular flexibility index (Phi) is 3.91. The molecule has 2 nitrogen and oxygen atoms in total. The Morgan fingerprint density at radius 1 is 0.947 bits per heavy atom. The molecule has 0 aliphatic heterocycles. The Bertz CT molecular complexity index is 588. The largest absolute Gasteiger partial charge is 0.344 e. The molecule has 100 valence electrons. The van der Waals surface area contributed by atoms with Crippen LogP contribution in [0.2, 0.25) is 0 Å². The minimum Gasteiger partial charge on any atom is -0.344 e. The lowest BCUT2D eigenvalue weighted by Crippen LogP contribution is -2.11. The van der Waals surface area contributed by atoms with Crippen molar-refractivity contribution in [1.82, 2.24) is 0 Å². The minimum atomic E-state index is 0.597. The van der Waals surface area contributed by atoms with E-state index in [9.17, 15) is 0 Å². The van der Waals surface area contributed by atoms with E-state index in [1.54, 1.807) is 0 Å². The highest BCUT2D eigenvalue weighted by atomic mass is 15.1. The Balaban J connectivity index is 2.38. The van der Waals surface area contributed by atoms with Crippen molar-refractivity contribution in [3.8, 4) is 0 Å². The van der Waals surface area contributed by atoms with E-state index in [0.717, 1.165) is 0 Å². The first-order valence-corrected chi connectivity index (χ1v) is 6.63. The van der Waals surface area contributed by atoms with Crippen LogP contribution in [0, 0.1) is 20.8 Å². The number of benzene rings is 2. The third kappa shape index (κ3) is 2.79. The maximum atomic E-state index is 5.72. The van der Waals surface area contributed by atoms with E-state index in [0.29, 0.717) is 6.54 Å². The zero-order valence-electron chi connectivity index (χ0n) is 12.2. The van der Waals surface area contributed by atoms with E-state index in [2.05, 4.69) is 69.1 Å². The van der Waals surface area contributed by atoms with Gasteiger partial charge in [0.1, 0.15) is 0 Å². The SMILES string of the molecule is Cc1ccc(N(C)c2ccc(CN)c(C)c2)c(C)c1. The third-order valence-electron chi connectivity index (χ3n) is 3.65. The van der Waals surface area contributed by atoms with Crippen LogP contribution in [-0.4, -0.2) is 7.05 Å². The van der Waals surface area contributed by atoms with Crippen LogP contribution in [0.1, 0.15) is 22.3 Å². The van der Waals surface area contributed by atoms with Gasteiger partial charge in [-0.05, 0) is 55.7 Å². The van der Waals surface area contributed by atoms with E-state index in [1.165, 1.54) is 33.6 Å². The smallest absolute Gasteiger partial charge is 0.0437 e. The number of hydrogen-bond donors (Lipinski definition) is 1. The van der Waals surface area contributed by atoms with Gasteiger partial charge in [0.15, 0.2) is 0 Å². The van der Waals surface area contributed by atoms with Crippen molar-refractivity contribution in [3.63, 3.8) is 0 Å². The van der Waals surface area contributed by atoms with Crippen LogP contribution in [0.3, 0.4) is 0 Å². The third-order valence-corrected chi connectivity index (χ3v) is 3.65. The summed E-state index contributed by atoms with van der Waals surface area (Å²) in [5.41, 5.74) is 13.2. The molecule has 0 bridgehead atoms. The standard InChI is InChI=1S/C17H22N2/c1-12-5-8-17(14(3)9-12)19(4)16-7-6-15(11-18)13(2)10-16/h5-10H,11,18H2,1-4H3. The molecule has 0 aromatic heterocycles. The number of nitrogens with two attached hydrogens (primary N) is 1. The van der Waals surface area contributed by atoms with Crippen molar-refractivity contribution in [2.24, 2.45) is 5.73 Å². The maximum absolute atomic E-state index is 5.72. The van der Waals surface area contributed by atoms with Crippen LogP contribution in [0.4, 0.5) is 11.4 Å². The van der Waals surface area contributed by atoms with Crippen molar-refractivity contribution in [3.05, 3.63) is 58.7 Å². The van der Waals surface area contributed by atoms with Gasteiger partial charge in [0.25, 0.3) is 0 Å². The molecule has 2 rings (SSSR count). The molecule has 2 N–H and O–H groups in total. The fourth-order valence-corrected chi connectivity index (χ4v) is 2.44. The van der Waals surface area contributed by atoms with Gasteiger partial charge in [-0.1, -0.05) is 23.8 Å². The molecule has 0 heterocycles. The summed E-state index contributed by atoms with van der Waals surface area (Å²) in [7, 11) is 2.11. The molecule has 0 radical (unpaired) electrons. The predicted molar refractivity (Wildman–Crippen MR) is 83.0 cm³/mol. The first-order chi connectivity index (χ1) is 9.02. The van der Waals surface area contributed by atoms with Gasteiger partial charge in [-0.3, -0.25) is 0 Å². The predicted octanol–water partition coefficient (Wildman–Crippen LogP) is 3.84. The molecular formula is C17H22N2. The fourth-order valence-electron chi connectivity index (χ4n) is 2.44. The number of hydrogen-bond acceptors (Lipinski definition) is 2. The van der Waals surface area contributed by atoms with E-state index < -0.39 is 0 Å². The van der Waals surface area contributed by atoms with E-state index in [4.69, 9.17) is 5.73 Å². The lowest BCUT2D eigenvalue weighted by Gasteiger charge is -2.23. The maximum Gasteiger partial charge on any atom is 0.0437 e. The molecule has 0 saturated heterocycles. The van der Waals surface area contributed by atoms with Gasteiger partial charge in [-0.25, -0.2) is 0 Å². The van der Waals surface area contributed by atoms with Crippen LogP contribution in [0.15, 0.2) is 36.4 Å². The van der Waals surface area contributed by atoms with Gasteiger partial charge < -0.3 is 10.6 Å². The molecule has 0 aliphatic carbocycles. The molecule has 0 unspecified atom stereocenters. The molecule has 0 saturated carbocycles. The number of anilines is 2. The summed E-state index contributed by atoms with van der Waals surface area (Å²) in [6, 6.07) is 13.0. The van der Waals surface area contributed by atoms with Gasteiger partial charge in [0.05, 0.1) is 0 Å². The van der Waals surface area contributed by atoms with Crippen LogP contribution < -0.4 is 10.6 Å². The second-order valence-corrected chi connectivity index (χ2v) is 5.16. The molecule has 19 heavy (non-hydrogen) atoms. The molecule has 0 fully saturated rings. The summed E-state index contributed by atoms with van der Waals surface area (Å²) >= 11 is 0. The van der Waals surface area contributed by atoms with Crippen LogP contribution >= 0.6 is 0 Å². The minimum absolute atomic E-state index is 0.597. The van der Waals surface area contributed by atoms with Gasteiger partial charge in [0, 0.05) is 25.0 Å². The molecule has 0 spiro atoms. The average molecular weight is 254 g/mol. The highest BCUT2D eigenvalue weighted by molar-refractivity contribution is 5.66. The average Bonchev–Trinajstić information content (AvgIpc) is 2.38. The Morgan fingerprint density at radius 3 is 2.26 bits per heavy atom. The first kappa shape index (κ1) is 13.6. The van der Waals surface area contributed by atoms with Crippen molar-refractivity contribution < 1.29 is 0 Å². The van der Waals surface area contributed by atoms with Crippen LogP contribution in [-0.2, 0) is 6.54 Å². The van der Waals surface area contributed by atoms with Crippen molar-refractivity contribution >= 4 is 11.4 Å². The normalized spacial score (nSPS) is 10.6. The Morgan fingerprint density at radius 2 is 1.68 bits per heavy atom.